The van der Waals surface area contributed by atoms with E-state index >= 15 is 0 Å². The number of nitrogens with zero attached hydrogens (tertiary/aromatic N) is 1. The number of anilines is 1. The van der Waals surface area contributed by atoms with E-state index in [1.54, 1.807) is 18.3 Å². The van der Waals surface area contributed by atoms with Crippen LogP contribution in [-0.2, 0) is 6.54 Å². The Morgan fingerprint density at radius 1 is 0.952 bits per heavy atom. The molecular formula is C17H14F2N2. The summed E-state index contributed by atoms with van der Waals surface area (Å²) in [4.78, 5) is 4.37. The van der Waals surface area contributed by atoms with Crippen LogP contribution < -0.4 is 5.32 Å². The number of alkyl halides is 2. The Morgan fingerprint density at radius 3 is 2.48 bits per heavy atom. The first-order chi connectivity index (χ1) is 10.2. The van der Waals surface area contributed by atoms with E-state index in [-0.39, 0.29) is 5.56 Å². The summed E-state index contributed by atoms with van der Waals surface area (Å²) in [7, 11) is 0. The van der Waals surface area contributed by atoms with Crippen LogP contribution in [0.5, 0.6) is 0 Å². The van der Waals surface area contributed by atoms with Gasteiger partial charge in [-0.05, 0) is 17.7 Å². The summed E-state index contributed by atoms with van der Waals surface area (Å²) in [6, 6.07) is 16.2. The fourth-order valence-corrected chi connectivity index (χ4v) is 2.23. The summed E-state index contributed by atoms with van der Waals surface area (Å²) < 4.78 is 25.0. The Balaban J connectivity index is 1.77. The summed E-state index contributed by atoms with van der Waals surface area (Å²) in [5.41, 5.74) is 2.84. The third kappa shape index (κ3) is 2.99. The van der Waals surface area contributed by atoms with Crippen molar-refractivity contribution in [3.8, 4) is 0 Å². The number of benzene rings is 2. The van der Waals surface area contributed by atoms with E-state index in [2.05, 4.69) is 10.3 Å². The number of halogens is 2. The molecule has 4 heteroatoms. The second kappa shape index (κ2) is 5.87. The highest BCUT2D eigenvalue weighted by molar-refractivity contribution is 5.90. The topological polar surface area (TPSA) is 24.9 Å². The lowest BCUT2D eigenvalue weighted by atomic mass is 10.1. The van der Waals surface area contributed by atoms with Gasteiger partial charge in [0, 0.05) is 23.7 Å². The molecule has 0 amide bonds. The molecule has 0 saturated carbocycles. The molecule has 0 bridgehead atoms. The smallest absolute Gasteiger partial charge is 0.263 e. The average molecular weight is 284 g/mol. The van der Waals surface area contributed by atoms with Crippen LogP contribution in [0.15, 0.2) is 60.8 Å². The van der Waals surface area contributed by atoms with Gasteiger partial charge in [0.15, 0.2) is 0 Å². The van der Waals surface area contributed by atoms with Crippen LogP contribution in [0, 0.1) is 0 Å². The van der Waals surface area contributed by atoms with Crippen molar-refractivity contribution in [3.05, 3.63) is 71.9 Å². The first-order valence-electron chi connectivity index (χ1n) is 6.68. The second-order valence-electron chi connectivity index (χ2n) is 4.78. The molecule has 2 nitrogen and oxygen atoms in total. The van der Waals surface area contributed by atoms with Crippen molar-refractivity contribution in [2.24, 2.45) is 0 Å². The monoisotopic (exact) mass is 284 g/mol. The Morgan fingerprint density at radius 2 is 1.71 bits per heavy atom. The molecule has 0 radical (unpaired) electrons. The van der Waals surface area contributed by atoms with Crippen molar-refractivity contribution in [3.63, 3.8) is 0 Å². The zero-order chi connectivity index (χ0) is 14.7. The molecule has 1 aromatic heterocycles. The van der Waals surface area contributed by atoms with Gasteiger partial charge in [0.2, 0.25) is 0 Å². The highest BCUT2D eigenvalue weighted by Crippen LogP contribution is 2.22. The molecule has 1 N–H and O–H groups in total. The predicted octanol–water partition coefficient (Wildman–Crippen LogP) is 4.78. The third-order valence-corrected chi connectivity index (χ3v) is 3.35. The molecule has 3 rings (SSSR count). The van der Waals surface area contributed by atoms with E-state index in [1.165, 1.54) is 12.1 Å². The van der Waals surface area contributed by atoms with Crippen LogP contribution in [0.1, 0.15) is 17.6 Å². The van der Waals surface area contributed by atoms with Crippen LogP contribution in [0.3, 0.4) is 0 Å². The Bertz CT molecular complexity index is 734. The Labute approximate surface area is 121 Å². The van der Waals surface area contributed by atoms with Gasteiger partial charge in [-0.25, -0.2) is 8.78 Å². The lowest BCUT2D eigenvalue weighted by molar-refractivity contribution is 0.151. The Hall–Kier alpha value is -2.49. The van der Waals surface area contributed by atoms with Gasteiger partial charge in [0.25, 0.3) is 6.43 Å². The van der Waals surface area contributed by atoms with Crippen molar-refractivity contribution in [2.45, 2.75) is 13.0 Å². The molecule has 0 unspecified atom stereocenters. The normalized spacial score (nSPS) is 11.0. The fraction of sp³-hybridized carbons (Fsp3) is 0.118. The van der Waals surface area contributed by atoms with Gasteiger partial charge in [-0.2, -0.15) is 0 Å². The van der Waals surface area contributed by atoms with Crippen molar-refractivity contribution < 1.29 is 8.78 Å². The maximum absolute atomic E-state index is 12.5. The third-order valence-electron chi connectivity index (χ3n) is 3.35. The molecule has 0 saturated heterocycles. The molecule has 106 valence electrons. The average Bonchev–Trinajstić information content (AvgIpc) is 2.53. The van der Waals surface area contributed by atoms with E-state index in [0.717, 1.165) is 22.2 Å². The van der Waals surface area contributed by atoms with Gasteiger partial charge in [0.05, 0.1) is 11.2 Å². The van der Waals surface area contributed by atoms with E-state index < -0.39 is 6.43 Å². The number of nitrogens with one attached hydrogen (secondary N) is 1. The van der Waals surface area contributed by atoms with Crippen molar-refractivity contribution >= 4 is 16.6 Å². The Kier molecular flexibility index (Phi) is 3.77. The van der Waals surface area contributed by atoms with Gasteiger partial charge in [-0.1, -0.05) is 42.5 Å². The summed E-state index contributed by atoms with van der Waals surface area (Å²) in [6.07, 6.45) is -0.667. The lowest BCUT2D eigenvalue weighted by Gasteiger charge is -2.09. The molecule has 1 heterocycles. The summed E-state index contributed by atoms with van der Waals surface area (Å²) in [5.74, 6) is 0. The second-order valence-corrected chi connectivity index (χ2v) is 4.78. The zero-order valence-corrected chi connectivity index (χ0v) is 11.3. The highest BCUT2D eigenvalue weighted by atomic mass is 19.3. The number of para-hydroxylation sites is 1. The van der Waals surface area contributed by atoms with E-state index in [0.29, 0.717) is 6.54 Å². The van der Waals surface area contributed by atoms with Crippen molar-refractivity contribution in [1.29, 1.82) is 0 Å². The lowest BCUT2D eigenvalue weighted by Crippen LogP contribution is -2.00. The first-order valence-corrected chi connectivity index (χ1v) is 6.68. The molecule has 0 spiro atoms. The zero-order valence-electron chi connectivity index (χ0n) is 11.3. The number of pyridine rings is 1. The minimum atomic E-state index is -2.42. The van der Waals surface area contributed by atoms with Gasteiger partial charge in [-0.3, -0.25) is 4.98 Å². The van der Waals surface area contributed by atoms with E-state index in [4.69, 9.17) is 0 Å². The highest BCUT2D eigenvalue weighted by Gasteiger charge is 2.06. The number of hydrogen-bond acceptors (Lipinski definition) is 2. The fourth-order valence-electron chi connectivity index (χ4n) is 2.23. The van der Waals surface area contributed by atoms with Gasteiger partial charge >= 0.3 is 0 Å². The maximum atomic E-state index is 12.5. The molecule has 0 aliphatic rings. The molecule has 0 aliphatic heterocycles. The first kappa shape index (κ1) is 13.5. The molecule has 3 aromatic rings. The standard InChI is InChI=1S/C17H14F2N2/c18-17(19)14-8-6-12(7-9-14)11-21-15-5-1-3-13-4-2-10-20-16(13)15/h1-10,17,21H,11H2. The van der Waals surface area contributed by atoms with E-state index in [9.17, 15) is 8.78 Å². The minimum Gasteiger partial charge on any atom is -0.379 e. The maximum Gasteiger partial charge on any atom is 0.263 e. The number of aromatic nitrogens is 1. The van der Waals surface area contributed by atoms with Crippen LogP contribution >= 0.6 is 0 Å². The number of rotatable bonds is 4. The molecule has 0 atom stereocenters. The summed E-state index contributed by atoms with van der Waals surface area (Å²) >= 11 is 0. The number of fused-ring (bicyclic) bond motifs is 1. The van der Waals surface area contributed by atoms with Gasteiger partial charge in [0.1, 0.15) is 0 Å². The molecule has 21 heavy (non-hydrogen) atoms. The quantitative estimate of drug-likeness (QED) is 0.745. The van der Waals surface area contributed by atoms with Crippen molar-refractivity contribution in [2.75, 3.05) is 5.32 Å². The molecule has 0 aliphatic carbocycles. The molecule has 0 fully saturated rings. The van der Waals surface area contributed by atoms with Gasteiger partial charge in [-0.15, -0.1) is 0 Å². The van der Waals surface area contributed by atoms with E-state index in [1.807, 2.05) is 30.3 Å². The summed E-state index contributed by atoms with van der Waals surface area (Å²) in [5, 5.41) is 4.37. The summed E-state index contributed by atoms with van der Waals surface area (Å²) in [6.45, 7) is 0.569. The van der Waals surface area contributed by atoms with Crippen LogP contribution in [0.2, 0.25) is 0 Å². The molecular weight excluding hydrogens is 270 g/mol. The van der Waals surface area contributed by atoms with Gasteiger partial charge < -0.3 is 5.32 Å². The number of hydrogen-bond donors (Lipinski definition) is 1. The van der Waals surface area contributed by atoms with Crippen LogP contribution in [0.4, 0.5) is 14.5 Å². The predicted molar refractivity (Wildman–Crippen MR) is 80.5 cm³/mol. The van der Waals surface area contributed by atoms with Crippen molar-refractivity contribution in [1.82, 2.24) is 4.98 Å². The van der Waals surface area contributed by atoms with Crippen LogP contribution in [0.25, 0.3) is 10.9 Å². The SMILES string of the molecule is FC(F)c1ccc(CNc2cccc3cccnc23)cc1. The van der Waals surface area contributed by atoms with Crippen LogP contribution in [-0.4, -0.2) is 4.98 Å². The minimum absolute atomic E-state index is 0.0468. The molecule has 2 aromatic carbocycles. The largest absolute Gasteiger partial charge is 0.379 e.